The topological polar surface area (TPSA) is 166 Å². The van der Waals surface area contributed by atoms with E-state index in [9.17, 15) is 34.5 Å². The van der Waals surface area contributed by atoms with E-state index >= 15 is 0 Å². The number of rotatable bonds is 6. The molecule has 0 aromatic carbocycles. The first-order valence-corrected chi connectivity index (χ1v) is 13.9. The van der Waals surface area contributed by atoms with Gasteiger partial charge in [-0.2, -0.15) is 0 Å². The summed E-state index contributed by atoms with van der Waals surface area (Å²) >= 11 is 0. The number of fused-ring (bicyclic) bond motifs is 5. The van der Waals surface area contributed by atoms with Crippen molar-refractivity contribution < 1.29 is 53.4 Å². The van der Waals surface area contributed by atoms with Crippen LogP contribution >= 0.6 is 0 Å². The lowest BCUT2D eigenvalue weighted by molar-refractivity contribution is -0.319. The Hall–Kier alpha value is -2.24. The van der Waals surface area contributed by atoms with Crippen molar-refractivity contribution in [1.29, 1.82) is 0 Å². The number of aliphatic hydroxyl groups excluding tert-OH is 1. The molecule has 0 spiro atoms. The quantitative estimate of drug-likeness (QED) is 0.321. The summed E-state index contributed by atoms with van der Waals surface area (Å²) < 4.78 is 22.1. The lowest BCUT2D eigenvalue weighted by atomic mass is 9.40. The van der Waals surface area contributed by atoms with Crippen LogP contribution in [0.15, 0.2) is 0 Å². The largest absolute Gasteiger partial charge is 0.466 e. The minimum absolute atomic E-state index is 0.0118. The molecule has 3 N–H and O–H groups in total. The van der Waals surface area contributed by atoms with E-state index in [1.807, 2.05) is 6.92 Å². The lowest BCUT2D eigenvalue weighted by Gasteiger charge is -2.68. The van der Waals surface area contributed by atoms with Crippen molar-refractivity contribution in [3.05, 3.63) is 0 Å². The summed E-state index contributed by atoms with van der Waals surface area (Å²) in [4.78, 5) is 49.2. The highest BCUT2D eigenvalue weighted by Crippen LogP contribution is 2.70. The number of aliphatic hydroxyl groups is 3. The van der Waals surface area contributed by atoms with Gasteiger partial charge in [-0.3, -0.25) is 19.2 Å². The van der Waals surface area contributed by atoms with E-state index in [2.05, 4.69) is 0 Å². The van der Waals surface area contributed by atoms with Crippen molar-refractivity contribution in [2.24, 2.45) is 28.6 Å². The molecule has 4 aliphatic rings. The summed E-state index contributed by atoms with van der Waals surface area (Å²) in [6.07, 6.45) is -1.88. The summed E-state index contributed by atoms with van der Waals surface area (Å²) in [5, 5.41) is 36.5. The molecule has 0 aliphatic heterocycles. The Morgan fingerprint density at radius 3 is 2.15 bits per heavy atom. The van der Waals surface area contributed by atoms with Crippen molar-refractivity contribution >= 4 is 23.9 Å². The SMILES string of the molecule is CCOC(=O)[C@H]1CC[C@@]2(O)[C@@H]3CC[C@]4(O)C[C@@H](OC(C)=O)C[C@H](O)[C@]4(COC(C)=O)[C@H]3[C@H](OC(C)=O)C[C@]12C. The zero-order chi connectivity index (χ0) is 29.0. The van der Waals surface area contributed by atoms with Gasteiger partial charge in [-0.1, -0.05) is 6.92 Å². The van der Waals surface area contributed by atoms with E-state index in [0.717, 1.165) is 0 Å². The van der Waals surface area contributed by atoms with Crippen LogP contribution in [0, 0.1) is 28.6 Å². The van der Waals surface area contributed by atoms with Crippen molar-refractivity contribution in [3.63, 3.8) is 0 Å². The number of hydrogen-bond acceptors (Lipinski definition) is 11. The molecule has 11 nitrogen and oxygen atoms in total. The molecule has 39 heavy (non-hydrogen) atoms. The average Bonchev–Trinajstić information content (AvgIpc) is 3.08. The van der Waals surface area contributed by atoms with Crippen molar-refractivity contribution in [3.8, 4) is 0 Å². The average molecular weight is 555 g/mol. The third-order valence-electron chi connectivity index (χ3n) is 10.4. The molecule has 0 amide bonds. The maximum absolute atomic E-state index is 13.0. The normalized spacial score (nSPS) is 44.7. The fourth-order valence-electron chi connectivity index (χ4n) is 8.91. The van der Waals surface area contributed by atoms with Crippen molar-refractivity contribution in [1.82, 2.24) is 0 Å². The minimum atomic E-state index is -1.66. The van der Waals surface area contributed by atoms with Gasteiger partial charge in [0.15, 0.2) is 0 Å². The van der Waals surface area contributed by atoms with Crippen LogP contribution in [0.3, 0.4) is 0 Å². The van der Waals surface area contributed by atoms with Crippen LogP contribution in [0.1, 0.15) is 79.6 Å². The molecular formula is C28H42O11. The molecule has 4 rings (SSSR count). The summed E-state index contributed by atoms with van der Waals surface area (Å²) in [6, 6.07) is 0. The predicted octanol–water partition coefficient (Wildman–Crippen LogP) is 1.43. The summed E-state index contributed by atoms with van der Waals surface area (Å²) in [7, 11) is 0. The Kier molecular flexibility index (Phi) is 7.86. The van der Waals surface area contributed by atoms with Gasteiger partial charge in [-0.25, -0.2) is 0 Å². The second-order valence-corrected chi connectivity index (χ2v) is 12.2. The Morgan fingerprint density at radius 1 is 0.897 bits per heavy atom. The number of carbonyl (C=O) groups excluding carboxylic acids is 4. The Balaban J connectivity index is 1.86. The second-order valence-electron chi connectivity index (χ2n) is 12.2. The van der Waals surface area contributed by atoms with E-state index in [0.29, 0.717) is 12.8 Å². The van der Waals surface area contributed by atoms with Crippen LogP contribution in [0.25, 0.3) is 0 Å². The van der Waals surface area contributed by atoms with Gasteiger partial charge in [-0.05, 0) is 44.9 Å². The molecule has 0 aromatic rings. The summed E-state index contributed by atoms with van der Waals surface area (Å²) in [6.45, 7) is 7.09. The zero-order valence-corrected chi connectivity index (χ0v) is 23.4. The fraction of sp³-hybridized carbons (Fsp3) is 0.857. The Morgan fingerprint density at radius 2 is 1.56 bits per heavy atom. The molecule has 4 fully saturated rings. The summed E-state index contributed by atoms with van der Waals surface area (Å²) in [5.74, 6) is -4.21. The molecule has 0 bridgehead atoms. The minimum Gasteiger partial charge on any atom is -0.466 e. The van der Waals surface area contributed by atoms with E-state index in [4.69, 9.17) is 18.9 Å². The van der Waals surface area contributed by atoms with E-state index in [1.165, 1.54) is 20.8 Å². The first kappa shape index (κ1) is 29.7. The third kappa shape index (κ3) is 4.54. The number of carbonyl (C=O) groups is 4. The number of hydrogen-bond donors (Lipinski definition) is 3. The number of esters is 4. The van der Waals surface area contributed by atoms with Crippen molar-refractivity contribution in [2.45, 2.75) is 109 Å². The van der Waals surface area contributed by atoms with Crippen LogP contribution in [0.2, 0.25) is 0 Å². The van der Waals surface area contributed by atoms with Gasteiger partial charge < -0.3 is 34.3 Å². The molecule has 0 saturated heterocycles. The smallest absolute Gasteiger partial charge is 0.309 e. The maximum Gasteiger partial charge on any atom is 0.309 e. The molecule has 10 atom stereocenters. The van der Waals surface area contributed by atoms with Crippen LogP contribution < -0.4 is 0 Å². The monoisotopic (exact) mass is 554 g/mol. The van der Waals surface area contributed by atoms with Gasteiger partial charge in [0.1, 0.15) is 18.8 Å². The van der Waals surface area contributed by atoms with E-state index < -0.39 is 82.0 Å². The highest BCUT2D eigenvalue weighted by Gasteiger charge is 2.77. The van der Waals surface area contributed by atoms with Gasteiger partial charge in [-0.15, -0.1) is 0 Å². The molecule has 11 heteroatoms. The van der Waals surface area contributed by atoms with Gasteiger partial charge in [0.25, 0.3) is 0 Å². The highest BCUT2D eigenvalue weighted by atomic mass is 16.6. The molecule has 220 valence electrons. The van der Waals surface area contributed by atoms with Gasteiger partial charge >= 0.3 is 23.9 Å². The molecule has 0 aromatic heterocycles. The van der Waals surface area contributed by atoms with Gasteiger partial charge in [0.2, 0.25) is 0 Å². The number of ether oxygens (including phenoxy) is 4. The maximum atomic E-state index is 13.0. The van der Waals surface area contributed by atoms with Crippen LogP contribution in [-0.2, 0) is 38.1 Å². The van der Waals surface area contributed by atoms with Crippen LogP contribution in [-0.4, -0.2) is 81.9 Å². The first-order chi connectivity index (χ1) is 18.1. The van der Waals surface area contributed by atoms with Crippen LogP contribution in [0.4, 0.5) is 0 Å². The van der Waals surface area contributed by atoms with E-state index in [-0.39, 0.29) is 45.3 Å². The molecule has 0 heterocycles. The standard InChI is InChI=1S/C28H42O11/c1-6-36-24(33)20-8-10-28(35)19-7-9-26(34)12-18(38-16(3)30)11-22(32)27(26,14-37-15(2)29)23(19)21(39-17(4)31)13-25(20,28)5/h18-23,32,34-35H,6-14H2,1-5H3/t18-,19+,20+,21+,22-,23+,25+,26-,27+,28+/m0/s1. The molecule has 0 radical (unpaired) electrons. The molecule has 4 aliphatic carbocycles. The van der Waals surface area contributed by atoms with Gasteiger partial charge in [0.05, 0.1) is 35.2 Å². The predicted molar refractivity (Wildman–Crippen MR) is 134 cm³/mol. The lowest BCUT2D eigenvalue weighted by Crippen LogP contribution is -2.76. The third-order valence-corrected chi connectivity index (χ3v) is 10.4. The second kappa shape index (κ2) is 10.3. The first-order valence-electron chi connectivity index (χ1n) is 13.9. The van der Waals surface area contributed by atoms with E-state index in [1.54, 1.807) is 6.92 Å². The van der Waals surface area contributed by atoms with Crippen molar-refractivity contribution in [2.75, 3.05) is 13.2 Å². The highest BCUT2D eigenvalue weighted by molar-refractivity contribution is 5.74. The molecule has 0 unspecified atom stereocenters. The Labute approximate surface area is 228 Å². The Bertz CT molecular complexity index is 1010. The molecule has 4 saturated carbocycles. The van der Waals surface area contributed by atoms with Crippen LogP contribution in [0.5, 0.6) is 0 Å². The van der Waals surface area contributed by atoms with Gasteiger partial charge in [0, 0.05) is 44.9 Å². The zero-order valence-electron chi connectivity index (χ0n) is 23.4. The summed E-state index contributed by atoms with van der Waals surface area (Å²) in [5.41, 5.74) is -5.60. The fourth-order valence-corrected chi connectivity index (χ4v) is 8.91. The molecular weight excluding hydrogens is 512 g/mol.